The van der Waals surface area contributed by atoms with Gasteiger partial charge in [0.2, 0.25) is 17.7 Å². The quantitative estimate of drug-likeness (QED) is 0.406. The average Bonchev–Trinajstić information content (AvgIpc) is 2.90. The summed E-state index contributed by atoms with van der Waals surface area (Å²) in [5.74, 6) is -0.674. The number of aromatic nitrogens is 1. The van der Waals surface area contributed by atoms with E-state index >= 15 is 0 Å². The molecule has 0 bridgehead atoms. The molecular weight excluding hydrogens is 456 g/mol. The first-order valence-corrected chi connectivity index (χ1v) is 13.0. The van der Waals surface area contributed by atoms with Gasteiger partial charge in [-0.3, -0.25) is 19.4 Å². The van der Waals surface area contributed by atoms with Crippen LogP contribution in [0.1, 0.15) is 69.9 Å². The highest BCUT2D eigenvalue weighted by Crippen LogP contribution is 2.25. The molecule has 2 N–H and O–H groups in total. The fraction of sp³-hybridized carbons (Fsp3) is 0.500. The molecule has 3 rings (SSSR count). The molecule has 8 heteroatoms. The Balaban J connectivity index is 1.74. The van der Waals surface area contributed by atoms with Crippen LogP contribution in [0.3, 0.4) is 0 Å². The van der Waals surface area contributed by atoms with Gasteiger partial charge in [-0.2, -0.15) is 0 Å². The molecule has 36 heavy (non-hydrogen) atoms. The lowest BCUT2D eigenvalue weighted by atomic mass is 9.94. The molecule has 1 saturated carbocycles. The highest BCUT2D eigenvalue weighted by Gasteiger charge is 2.32. The standard InChI is InChI=1S/C28H38N4O4/c1-2-36-20-10-19-32(26(34)17-16-25(33)30-24-15-9-18-29-21-24)27(22-11-5-3-6-12-22)28(35)31-23-13-7-4-8-14-23/h3,5-6,9,11-12,15,18,21,23,27H,2,4,7-8,10,13-14,16-17,19-20H2,1H3,(H,30,33)(H,31,35). The summed E-state index contributed by atoms with van der Waals surface area (Å²) in [5.41, 5.74) is 1.34. The zero-order valence-corrected chi connectivity index (χ0v) is 21.2. The van der Waals surface area contributed by atoms with Crippen molar-refractivity contribution in [2.75, 3.05) is 25.1 Å². The van der Waals surface area contributed by atoms with Crippen LogP contribution in [0.4, 0.5) is 5.69 Å². The van der Waals surface area contributed by atoms with Crippen molar-refractivity contribution in [3.8, 4) is 0 Å². The summed E-state index contributed by atoms with van der Waals surface area (Å²) in [4.78, 5) is 45.2. The van der Waals surface area contributed by atoms with Crippen LogP contribution < -0.4 is 10.6 Å². The molecule has 0 saturated heterocycles. The molecule has 0 aliphatic heterocycles. The number of carbonyl (C=O) groups is 3. The third kappa shape index (κ3) is 8.75. The van der Waals surface area contributed by atoms with Gasteiger partial charge in [-0.05, 0) is 43.9 Å². The van der Waals surface area contributed by atoms with E-state index in [0.29, 0.717) is 31.9 Å². The van der Waals surface area contributed by atoms with Crippen LogP contribution in [-0.4, -0.2) is 53.4 Å². The Kier molecular flexibility index (Phi) is 11.4. The molecular formula is C28H38N4O4. The van der Waals surface area contributed by atoms with Crippen molar-refractivity contribution in [1.29, 1.82) is 0 Å². The van der Waals surface area contributed by atoms with Gasteiger partial charge in [-0.1, -0.05) is 49.6 Å². The third-order valence-electron chi connectivity index (χ3n) is 6.35. The van der Waals surface area contributed by atoms with Crippen molar-refractivity contribution in [2.45, 2.75) is 70.4 Å². The van der Waals surface area contributed by atoms with E-state index in [4.69, 9.17) is 4.74 Å². The molecule has 1 aliphatic carbocycles. The van der Waals surface area contributed by atoms with Crippen LogP contribution >= 0.6 is 0 Å². The van der Waals surface area contributed by atoms with Gasteiger partial charge in [0.15, 0.2) is 0 Å². The number of pyridine rings is 1. The Labute approximate surface area is 213 Å². The van der Waals surface area contributed by atoms with Crippen LogP contribution in [0, 0.1) is 0 Å². The van der Waals surface area contributed by atoms with E-state index in [1.165, 1.54) is 6.42 Å². The zero-order valence-electron chi connectivity index (χ0n) is 21.2. The third-order valence-corrected chi connectivity index (χ3v) is 6.35. The minimum Gasteiger partial charge on any atom is -0.382 e. The van der Waals surface area contributed by atoms with E-state index in [2.05, 4.69) is 15.6 Å². The SMILES string of the molecule is CCOCCCN(C(=O)CCC(=O)Nc1cccnc1)C(C(=O)NC1CCCCC1)c1ccccc1. The van der Waals surface area contributed by atoms with Gasteiger partial charge in [-0.15, -0.1) is 0 Å². The molecule has 194 valence electrons. The van der Waals surface area contributed by atoms with Crippen molar-refractivity contribution in [1.82, 2.24) is 15.2 Å². The van der Waals surface area contributed by atoms with Crippen molar-refractivity contribution in [2.24, 2.45) is 0 Å². The fourth-order valence-electron chi connectivity index (χ4n) is 4.54. The van der Waals surface area contributed by atoms with E-state index in [-0.39, 0.29) is 36.6 Å². The molecule has 1 atom stereocenters. The molecule has 8 nitrogen and oxygen atoms in total. The maximum absolute atomic E-state index is 13.6. The van der Waals surface area contributed by atoms with E-state index in [0.717, 1.165) is 31.2 Å². The molecule has 3 amide bonds. The molecule has 1 heterocycles. The van der Waals surface area contributed by atoms with E-state index in [9.17, 15) is 14.4 Å². The Hall–Kier alpha value is -3.26. The molecule has 2 aromatic rings. The largest absolute Gasteiger partial charge is 0.382 e. The summed E-state index contributed by atoms with van der Waals surface area (Å²) in [6.45, 7) is 3.37. The second-order valence-corrected chi connectivity index (χ2v) is 9.08. The number of nitrogens with one attached hydrogen (secondary N) is 2. The number of amides is 3. The van der Waals surface area contributed by atoms with Crippen molar-refractivity contribution >= 4 is 23.4 Å². The van der Waals surface area contributed by atoms with E-state index in [1.54, 1.807) is 29.4 Å². The van der Waals surface area contributed by atoms with Crippen LogP contribution in [-0.2, 0) is 19.1 Å². The smallest absolute Gasteiger partial charge is 0.247 e. The molecule has 0 spiro atoms. The second-order valence-electron chi connectivity index (χ2n) is 9.08. The Morgan fingerprint density at radius 2 is 1.83 bits per heavy atom. The number of carbonyl (C=O) groups excluding carboxylic acids is 3. The lowest BCUT2D eigenvalue weighted by Crippen LogP contribution is -2.47. The van der Waals surface area contributed by atoms with Gasteiger partial charge in [-0.25, -0.2) is 0 Å². The summed E-state index contributed by atoms with van der Waals surface area (Å²) in [7, 11) is 0. The summed E-state index contributed by atoms with van der Waals surface area (Å²) in [6, 6.07) is 12.2. The lowest BCUT2D eigenvalue weighted by molar-refractivity contribution is -0.142. The van der Waals surface area contributed by atoms with Gasteiger partial charge < -0.3 is 20.3 Å². The first-order chi connectivity index (χ1) is 17.6. The van der Waals surface area contributed by atoms with Gasteiger partial charge in [0.25, 0.3) is 0 Å². The second kappa shape index (κ2) is 15.0. The van der Waals surface area contributed by atoms with Gasteiger partial charge in [0, 0.05) is 44.8 Å². The van der Waals surface area contributed by atoms with Crippen LogP contribution in [0.5, 0.6) is 0 Å². The van der Waals surface area contributed by atoms with Crippen LogP contribution in [0.2, 0.25) is 0 Å². The minimum absolute atomic E-state index is 0.000766. The molecule has 1 aromatic heterocycles. The number of ether oxygens (including phenoxy) is 1. The number of hydrogen-bond acceptors (Lipinski definition) is 5. The van der Waals surface area contributed by atoms with E-state index < -0.39 is 6.04 Å². The van der Waals surface area contributed by atoms with Crippen LogP contribution in [0.15, 0.2) is 54.9 Å². The highest BCUT2D eigenvalue weighted by molar-refractivity contribution is 5.94. The van der Waals surface area contributed by atoms with E-state index in [1.807, 2.05) is 37.3 Å². The summed E-state index contributed by atoms with van der Waals surface area (Å²) in [6.07, 6.45) is 9.11. The predicted molar refractivity (Wildman–Crippen MR) is 139 cm³/mol. The number of nitrogens with zero attached hydrogens (tertiary/aromatic N) is 2. The number of hydrogen-bond donors (Lipinski definition) is 2. The first-order valence-electron chi connectivity index (χ1n) is 13.0. The summed E-state index contributed by atoms with van der Waals surface area (Å²) >= 11 is 0. The highest BCUT2D eigenvalue weighted by atomic mass is 16.5. The maximum atomic E-state index is 13.6. The monoisotopic (exact) mass is 494 g/mol. The lowest BCUT2D eigenvalue weighted by Gasteiger charge is -2.33. The molecule has 1 aliphatic rings. The molecule has 0 radical (unpaired) electrons. The molecule has 1 unspecified atom stereocenters. The number of anilines is 1. The minimum atomic E-state index is -0.761. The zero-order chi connectivity index (χ0) is 25.6. The van der Waals surface area contributed by atoms with Gasteiger partial charge in [0.05, 0.1) is 11.9 Å². The Morgan fingerprint density at radius 3 is 2.53 bits per heavy atom. The van der Waals surface area contributed by atoms with Gasteiger partial charge >= 0.3 is 0 Å². The Bertz CT molecular complexity index is 949. The number of benzene rings is 1. The van der Waals surface area contributed by atoms with Crippen molar-refractivity contribution in [3.63, 3.8) is 0 Å². The number of rotatable bonds is 13. The van der Waals surface area contributed by atoms with Gasteiger partial charge in [0.1, 0.15) is 6.04 Å². The fourth-order valence-corrected chi connectivity index (χ4v) is 4.54. The first kappa shape index (κ1) is 27.3. The molecule has 1 aromatic carbocycles. The molecule has 1 fully saturated rings. The summed E-state index contributed by atoms with van der Waals surface area (Å²) in [5, 5.41) is 5.96. The summed E-state index contributed by atoms with van der Waals surface area (Å²) < 4.78 is 5.49. The van der Waals surface area contributed by atoms with Crippen molar-refractivity contribution < 1.29 is 19.1 Å². The average molecular weight is 495 g/mol. The van der Waals surface area contributed by atoms with Crippen molar-refractivity contribution in [3.05, 3.63) is 60.4 Å². The maximum Gasteiger partial charge on any atom is 0.247 e. The topological polar surface area (TPSA) is 101 Å². The predicted octanol–water partition coefficient (Wildman–Crippen LogP) is 4.25. The normalized spacial score (nSPS) is 14.6. The Morgan fingerprint density at radius 1 is 1.06 bits per heavy atom. The van der Waals surface area contributed by atoms with Crippen LogP contribution in [0.25, 0.3) is 0 Å².